The Balaban J connectivity index is 1.14. The van der Waals surface area contributed by atoms with Crippen molar-refractivity contribution >= 4 is 49.7 Å². The van der Waals surface area contributed by atoms with Gasteiger partial charge in [0.1, 0.15) is 0 Å². The van der Waals surface area contributed by atoms with Crippen LogP contribution in [0.3, 0.4) is 0 Å². The number of aliphatic hydroxyl groups is 1. The van der Waals surface area contributed by atoms with Crippen molar-refractivity contribution < 1.29 is 9.90 Å². The van der Waals surface area contributed by atoms with Crippen LogP contribution in [0.5, 0.6) is 0 Å². The number of aromatic nitrogens is 2. The quantitative estimate of drug-likeness (QED) is 0.110. The van der Waals surface area contributed by atoms with Gasteiger partial charge in [0.25, 0.3) is 0 Å². The number of rotatable bonds is 14. The summed E-state index contributed by atoms with van der Waals surface area (Å²) in [5, 5.41) is 12.3. The first kappa shape index (κ1) is 37.6. The van der Waals surface area contributed by atoms with E-state index in [1.54, 1.807) is 0 Å². The molecule has 1 unspecified atom stereocenters. The van der Waals surface area contributed by atoms with Crippen molar-refractivity contribution in [3.63, 3.8) is 0 Å². The number of ketones is 1. The molecule has 0 amide bonds. The van der Waals surface area contributed by atoms with Gasteiger partial charge in [0, 0.05) is 0 Å². The average Bonchev–Trinajstić information content (AvgIpc) is 3.91. The van der Waals surface area contributed by atoms with Crippen LogP contribution >= 0.6 is 0 Å². The number of nitrogens with zero attached hydrogens (tertiary/aromatic N) is 4. The summed E-state index contributed by atoms with van der Waals surface area (Å²) < 4.78 is 3.61. The SMILES string of the molecule is O=C1C(c2[se]c(N(Cc3ccccc3)Cc3ccccc3)nc2-c2ccccc2)=C(O)C1c1[se]c(N(Cc2ccccc2)Cc2ccccc2)nc1-c1ccccc1. The third-order valence-electron chi connectivity index (χ3n) is 10.3. The van der Waals surface area contributed by atoms with Gasteiger partial charge in [0.15, 0.2) is 0 Å². The number of carbonyl (C=O) groups excluding carboxylic acids is 1. The molecule has 0 spiro atoms. The molecule has 0 aliphatic heterocycles. The molecule has 0 saturated heterocycles. The Morgan fingerprint density at radius 1 is 0.466 bits per heavy atom. The summed E-state index contributed by atoms with van der Waals surface area (Å²) in [6.07, 6.45) is 0. The summed E-state index contributed by atoms with van der Waals surface area (Å²) in [5.74, 6) is -0.684. The Bertz CT molecular complexity index is 2570. The predicted molar refractivity (Wildman–Crippen MR) is 236 cm³/mol. The van der Waals surface area contributed by atoms with Gasteiger partial charge in [-0.3, -0.25) is 0 Å². The van der Waals surface area contributed by atoms with E-state index in [2.05, 4.69) is 107 Å². The molecule has 6 aromatic carbocycles. The topological polar surface area (TPSA) is 69.6 Å². The van der Waals surface area contributed by atoms with Crippen molar-refractivity contribution in [2.75, 3.05) is 9.80 Å². The Morgan fingerprint density at radius 2 is 0.810 bits per heavy atom. The Hall–Kier alpha value is -6.01. The van der Waals surface area contributed by atoms with E-state index in [9.17, 15) is 9.90 Å². The molecule has 9 rings (SSSR count). The molecular formula is C50H40N4O2Se2. The van der Waals surface area contributed by atoms with Crippen LogP contribution in [0.25, 0.3) is 28.1 Å². The van der Waals surface area contributed by atoms with Crippen LogP contribution in [-0.4, -0.2) is 49.9 Å². The van der Waals surface area contributed by atoms with Crippen LogP contribution in [0, 0.1) is 0 Å². The third-order valence-corrected chi connectivity index (χ3v) is 15.1. The first-order valence-corrected chi connectivity index (χ1v) is 22.8. The minimum absolute atomic E-state index is 0.0589. The molecule has 1 aliphatic rings. The van der Waals surface area contributed by atoms with Crippen LogP contribution < -0.4 is 9.80 Å². The average molecular weight is 887 g/mol. The molecule has 1 atom stereocenters. The van der Waals surface area contributed by atoms with Crippen LogP contribution in [-0.2, 0) is 31.0 Å². The minimum atomic E-state index is -0.754. The maximum atomic E-state index is 14.8. The summed E-state index contributed by atoms with van der Waals surface area (Å²) in [4.78, 5) is 30.1. The molecule has 58 heavy (non-hydrogen) atoms. The molecule has 2 aromatic heterocycles. The van der Waals surface area contributed by atoms with Gasteiger partial charge in [-0.1, -0.05) is 0 Å². The second-order valence-corrected chi connectivity index (χ2v) is 18.5. The summed E-state index contributed by atoms with van der Waals surface area (Å²) in [5.41, 5.74) is 8.57. The molecule has 6 nitrogen and oxygen atoms in total. The molecule has 2 heterocycles. The number of benzene rings is 6. The van der Waals surface area contributed by atoms with Gasteiger partial charge >= 0.3 is 353 Å². The van der Waals surface area contributed by atoms with Crippen molar-refractivity contribution in [2.45, 2.75) is 32.1 Å². The van der Waals surface area contributed by atoms with Crippen molar-refractivity contribution in [1.29, 1.82) is 0 Å². The van der Waals surface area contributed by atoms with Crippen molar-refractivity contribution in [2.24, 2.45) is 0 Å². The predicted octanol–water partition coefficient (Wildman–Crippen LogP) is 9.97. The summed E-state index contributed by atoms with van der Waals surface area (Å²) in [6.45, 7) is 2.70. The van der Waals surface area contributed by atoms with E-state index >= 15 is 0 Å². The molecule has 1 N–H and O–H groups in total. The van der Waals surface area contributed by atoms with Crippen LogP contribution in [0.1, 0.15) is 37.0 Å². The molecule has 0 radical (unpaired) electrons. The molecule has 0 bridgehead atoms. The summed E-state index contributed by atoms with van der Waals surface area (Å²) in [6, 6.07) is 61.9. The third kappa shape index (κ3) is 8.06. The molecule has 1 aliphatic carbocycles. The van der Waals surface area contributed by atoms with E-state index in [1.807, 2.05) is 84.9 Å². The van der Waals surface area contributed by atoms with E-state index in [0.717, 1.165) is 40.8 Å². The number of anilines is 2. The fourth-order valence-corrected chi connectivity index (χ4v) is 12.3. The number of allylic oxidation sites excluding steroid dienone is 2. The molecular weight excluding hydrogens is 846 g/mol. The molecule has 0 fully saturated rings. The van der Waals surface area contributed by atoms with Gasteiger partial charge < -0.3 is 0 Å². The van der Waals surface area contributed by atoms with Crippen molar-refractivity contribution in [3.8, 4) is 22.5 Å². The fraction of sp³-hybridized carbons (Fsp3) is 0.100. The monoisotopic (exact) mass is 888 g/mol. The van der Waals surface area contributed by atoms with E-state index in [0.29, 0.717) is 31.8 Å². The second-order valence-electron chi connectivity index (χ2n) is 14.3. The fourth-order valence-electron chi connectivity index (χ4n) is 7.39. The molecule has 284 valence electrons. The zero-order chi connectivity index (χ0) is 39.3. The zero-order valence-corrected chi connectivity index (χ0v) is 35.1. The molecule has 8 heteroatoms. The van der Waals surface area contributed by atoms with Gasteiger partial charge in [0.2, 0.25) is 0 Å². The molecule has 8 aromatic rings. The van der Waals surface area contributed by atoms with E-state index in [-0.39, 0.29) is 40.5 Å². The van der Waals surface area contributed by atoms with E-state index in [4.69, 9.17) is 9.97 Å². The number of carbonyl (C=O) groups is 1. The first-order chi connectivity index (χ1) is 28.6. The number of hydrogen-bond donors (Lipinski definition) is 1. The number of Topliss-reactive ketones (excluding diaryl/α,β-unsaturated/α-hetero) is 1. The second kappa shape index (κ2) is 17.2. The zero-order valence-electron chi connectivity index (χ0n) is 31.7. The Morgan fingerprint density at radius 3 is 1.21 bits per heavy atom. The van der Waals surface area contributed by atoms with Gasteiger partial charge in [-0.05, 0) is 0 Å². The standard InChI is InChI=1S/C50H40N4O2Se2/c55-45-41(47-43(39-27-15-5-16-28-39)51-49(57-47)53(31-35-19-7-1-8-20-35)32-36-21-9-2-10-22-36)46(56)42(45)48-44(40-29-17-6-18-30-40)52-50(58-48)54(33-37-23-11-3-12-24-37)34-38-25-13-4-14-26-38/h1-30,41,55H,31-34H2. The van der Waals surface area contributed by atoms with Gasteiger partial charge in [-0.2, -0.15) is 0 Å². The first-order valence-electron chi connectivity index (χ1n) is 19.3. The van der Waals surface area contributed by atoms with E-state index in [1.165, 1.54) is 22.3 Å². The maximum absolute atomic E-state index is 14.8. The van der Waals surface area contributed by atoms with Crippen molar-refractivity contribution in [1.82, 2.24) is 9.97 Å². The number of hydrogen-bond acceptors (Lipinski definition) is 6. The van der Waals surface area contributed by atoms with Gasteiger partial charge in [-0.25, -0.2) is 0 Å². The van der Waals surface area contributed by atoms with Crippen LogP contribution in [0.4, 0.5) is 9.38 Å². The number of aliphatic hydroxyl groups excluding tert-OH is 1. The summed E-state index contributed by atoms with van der Waals surface area (Å²) >= 11 is -0.671. The van der Waals surface area contributed by atoms with E-state index < -0.39 is 5.92 Å². The normalized spacial score (nSPS) is 13.7. The molecule has 0 saturated carbocycles. The Kier molecular flexibility index (Phi) is 11.2. The Labute approximate surface area is 350 Å². The van der Waals surface area contributed by atoms with Gasteiger partial charge in [0.05, 0.1) is 0 Å². The van der Waals surface area contributed by atoms with Gasteiger partial charge in [-0.15, -0.1) is 0 Å². The van der Waals surface area contributed by atoms with Crippen LogP contribution in [0.2, 0.25) is 0 Å². The van der Waals surface area contributed by atoms with Crippen LogP contribution in [0.15, 0.2) is 188 Å². The van der Waals surface area contributed by atoms with Crippen molar-refractivity contribution in [3.05, 3.63) is 219 Å². The summed E-state index contributed by atoms with van der Waals surface area (Å²) in [7, 11) is 0.